The Hall–Kier alpha value is -1.10. The molecule has 1 aliphatic heterocycles. The standard InChI is InChI=1S/C13H24N4O/c1-10(2)8-14-9-12-15-16-13(18-12)17-6-4-11(3)5-7-17/h10-11,14H,4-9H2,1-3H3. The monoisotopic (exact) mass is 252 g/mol. The second-order valence-corrected chi connectivity index (χ2v) is 5.67. The molecule has 5 heteroatoms. The van der Waals surface area contributed by atoms with Crippen LogP contribution in [0.5, 0.6) is 0 Å². The minimum Gasteiger partial charge on any atom is -0.407 e. The summed E-state index contributed by atoms with van der Waals surface area (Å²) in [5.41, 5.74) is 0. The van der Waals surface area contributed by atoms with E-state index in [9.17, 15) is 0 Å². The number of nitrogens with one attached hydrogen (secondary N) is 1. The minimum absolute atomic E-state index is 0.635. The van der Waals surface area contributed by atoms with Crippen LogP contribution < -0.4 is 10.2 Å². The van der Waals surface area contributed by atoms with E-state index in [4.69, 9.17) is 4.42 Å². The van der Waals surface area contributed by atoms with Crippen molar-refractivity contribution in [1.82, 2.24) is 15.5 Å². The molecule has 18 heavy (non-hydrogen) atoms. The molecule has 0 amide bonds. The lowest BCUT2D eigenvalue weighted by molar-refractivity contribution is 0.399. The van der Waals surface area contributed by atoms with Crippen molar-refractivity contribution in [3.05, 3.63) is 5.89 Å². The van der Waals surface area contributed by atoms with Gasteiger partial charge in [-0.15, -0.1) is 5.10 Å². The fourth-order valence-corrected chi connectivity index (χ4v) is 2.11. The highest BCUT2D eigenvalue weighted by Crippen LogP contribution is 2.21. The molecule has 0 saturated carbocycles. The van der Waals surface area contributed by atoms with Crippen LogP contribution in [-0.4, -0.2) is 29.8 Å². The van der Waals surface area contributed by atoms with E-state index in [1.165, 1.54) is 12.8 Å². The topological polar surface area (TPSA) is 54.2 Å². The Morgan fingerprint density at radius 1 is 1.33 bits per heavy atom. The number of anilines is 1. The van der Waals surface area contributed by atoms with E-state index in [0.717, 1.165) is 25.6 Å². The highest BCUT2D eigenvalue weighted by Gasteiger charge is 2.20. The molecule has 0 aliphatic carbocycles. The van der Waals surface area contributed by atoms with Crippen LogP contribution in [-0.2, 0) is 6.54 Å². The zero-order chi connectivity index (χ0) is 13.0. The highest BCUT2D eigenvalue weighted by molar-refractivity contribution is 5.24. The average molecular weight is 252 g/mol. The number of hydrogen-bond donors (Lipinski definition) is 1. The van der Waals surface area contributed by atoms with E-state index in [1.54, 1.807) is 0 Å². The van der Waals surface area contributed by atoms with Crippen molar-refractivity contribution in [1.29, 1.82) is 0 Å². The second kappa shape index (κ2) is 6.18. The molecular formula is C13H24N4O. The molecule has 1 aromatic heterocycles. The van der Waals surface area contributed by atoms with E-state index < -0.39 is 0 Å². The van der Waals surface area contributed by atoms with E-state index in [2.05, 4.69) is 41.2 Å². The number of aromatic nitrogens is 2. The predicted octanol–water partition coefficient (Wildman–Crippen LogP) is 2.05. The van der Waals surface area contributed by atoms with E-state index >= 15 is 0 Å². The van der Waals surface area contributed by atoms with Crippen LogP contribution in [0, 0.1) is 11.8 Å². The van der Waals surface area contributed by atoms with Crippen molar-refractivity contribution in [2.24, 2.45) is 11.8 Å². The third kappa shape index (κ3) is 3.70. The second-order valence-electron chi connectivity index (χ2n) is 5.67. The van der Waals surface area contributed by atoms with Gasteiger partial charge in [-0.05, 0) is 31.2 Å². The first-order chi connectivity index (χ1) is 8.65. The predicted molar refractivity (Wildman–Crippen MR) is 71.5 cm³/mol. The average Bonchev–Trinajstić information content (AvgIpc) is 2.78. The van der Waals surface area contributed by atoms with Crippen LogP contribution >= 0.6 is 0 Å². The van der Waals surface area contributed by atoms with E-state index in [-0.39, 0.29) is 0 Å². The summed E-state index contributed by atoms with van der Waals surface area (Å²) in [6, 6.07) is 0.684. The molecule has 1 fully saturated rings. The molecule has 0 bridgehead atoms. The largest absolute Gasteiger partial charge is 0.407 e. The van der Waals surface area contributed by atoms with Gasteiger partial charge >= 0.3 is 6.01 Å². The number of piperidine rings is 1. The molecule has 1 saturated heterocycles. The molecule has 0 aromatic carbocycles. The maximum absolute atomic E-state index is 5.68. The van der Waals surface area contributed by atoms with Crippen LogP contribution in [0.3, 0.4) is 0 Å². The lowest BCUT2D eigenvalue weighted by Crippen LogP contribution is -2.32. The fourth-order valence-electron chi connectivity index (χ4n) is 2.11. The molecular weight excluding hydrogens is 228 g/mol. The van der Waals surface area contributed by atoms with Crippen molar-refractivity contribution in [2.45, 2.75) is 40.2 Å². The van der Waals surface area contributed by atoms with Gasteiger partial charge in [-0.2, -0.15) is 0 Å². The summed E-state index contributed by atoms with van der Waals surface area (Å²) in [6.45, 7) is 10.4. The molecule has 0 atom stereocenters. The number of hydrogen-bond acceptors (Lipinski definition) is 5. The summed E-state index contributed by atoms with van der Waals surface area (Å²) in [7, 11) is 0. The van der Waals surface area contributed by atoms with Crippen LogP contribution in [0.15, 0.2) is 4.42 Å². The number of nitrogens with zero attached hydrogens (tertiary/aromatic N) is 3. The van der Waals surface area contributed by atoms with Crippen LogP contribution in [0.1, 0.15) is 39.5 Å². The van der Waals surface area contributed by atoms with Crippen LogP contribution in [0.4, 0.5) is 6.01 Å². The third-order valence-corrected chi connectivity index (χ3v) is 3.34. The van der Waals surface area contributed by atoms with Crippen LogP contribution in [0.25, 0.3) is 0 Å². The molecule has 5 nitrogen and oxygen atoms in total. The summed E-state index contributed by atoms with van der Waals surface area (Å²) in [4.78, 5) is 2.19. The lowest BCUT2D eigenvalue weighted by Gasteiger charge is -2.28. The molecule has 1 aromatic rings. The molecule has 1 aliphatic rings. The van der Waals surface area contributed by atoms with Crippen molar-refractivity contribution in [3.63, 3.8) is 0 Å². The maximum Gasteiger partial charge on any atom is 0.318 e. The van der Waals surface area contributed by atoms with E-state index in [1.807, 2.05) is 0 Å². The highest BCUT2D eigenvalue weighted by atomic mass is 16.4. The minimum atomic E-state index is 0.635. The normalized spacial score (nSPS) is 17.7. The third-order valence-electron chi connectivity index (χ3n) is 3.34. The summed E-state index contributed by atoms with van der Waals surface area (Å²) in [6.07, 6.45) is 2.42. The molecule has 2 rings (SSSR count). The molecule has 0 spiro atoms. The van der Waals surface area contributed by atoms with Gasteiger partial charge in [0, 0.05) is 13.1 Å². The van der Waals surface area contributed by atoms with Gasteiger partial charge in [-0.25, -0.2) is 0 Å². The van der Waals surface area contributed by atoms with Crippen molar-refractivity contribution >= 4 is 6.01 Å². The van der Waals surface area contributed by atoms with Gasteiger partial charge in [0.25, 0.3) is 0 Å². The Bertz CT molecular complexity index is 356. The zero-order valence-corrected chi connectivity index (χ0v) is 11.6. The smallest absolute Gasteiger partial charge is 0.318 e. The van der Waals surface area contributed by atoms with Gasteiger partial charge in [0.2, 0.25) is 5.89 Å². The summed E-state index contributed by atoms with van der Waals surface area (Å²) in [5.74, 6) is 2.14. The summed E-state index contributed by atoms with van der Waals surface area (Å²) in [5, 5.41) is 11.5. The van der Waals surface area contributed by atoms with E-state index in [0.29, 0.717) is 24.4 Å². The van der Waals surface area contributed by atoms with Crippen molar-refractivity contribution in [3.8, 4) is 0 Å². The Morgan fingerprint density at radius 3 is 2.72 bits per heavy atom. The number of rotatable bonds is 5. The van der Waals surface area contributed by atoms with Gasteiger partial charge in [-0.3, -0.25) is 0 Å². The Labute approximate surface area is 109 Å². The Morgan fingerprint density at radius 2 is 2.06 bits per heavy atom. The first kappa shape index (κ1) is 13.3. The van der Waals surface area contributed by atoms with Gasteiger partial charge in [-0.1, -0.05) is 25.9 Å². The molecule has 0 radical (unpaired) electrons. The van der Waals surface area contributed by atoms with Gasteiger partial charge in [0.15, 0.2) is 0 Å². The molecule has 102 valence electrons. The van der Waals surface area contributed by atoms with Crippen molar-refractivity contribution in [2.75, 3.05) is 24.5 Å². The Balaban J connectivity index is 1.82. The first-order valence-electron chi connectivity index (χ1n) is 6.93. The SMILES string of the molecule is CC(C)CNCc1nnc(N2CCC(C)CC2)o1. The molecule has 0 unspecified atom stereocenters. The van der Waals surface area contributed by atoms with Crippen LogP contribution in [0.2, 0.25) is 0 Å². The maximum atomic E-state index is 5.68. The molecule has 1 N–H and O–H groups in total. The lowest BCUT2D eigenvalue weighted by atomic mass is 10.00. The first-order valence-corrected chi connectivity index (χ1v) is 6.93. The van der Waals surface area contributed by atoms with Gasteiger partial charge in [0.1, 0.15) is 0 Å². The molecule has 2 heterocycles. The summed E-state index contributed by atoms with van der Waals surface area (Å²) < 4.78 is 5.68. The van der Waals surface area contributed by atoms with Gasteiger partial charge in [0.05, 0.1) is 6.54 Å². The Kier molecular flexibility index (Phi) is 4.58. The zero-order valence-electron chi connectivity index (χ0n) is 11.6. The summed E-state index contributed by atoms with van der Waals surface area (Å²) >= 11 is 0. The fraction of sp³-hybridized carbons (Fsp3) is 0.846. The van der Waals surface area contributed by atoms with Crippen molar-refractivity contribution < 1.29 is 4.42 Å². The quantitative estimate of drug-likeness (QED) is 0.869. The van der Waals surface area contributed by atoms with Gasteiger partial charge < -0.3 is 14.6 Å².